The van der Waals surface area contributed by atoms with E-state index in [1.54, 1.807) is 0 Å². The van der Waals surface area contributed by atoms with Crippen LogP contribution >= 0.6 is 0 Å². The van der Waals surface area contributed by atoms with Crippen LogP contribution in [-0.4, -0.2) is 19.5 Å². The van der Waals surface area contributed by atoms with Crippen LogP contribution < -0.4 is 0 Å². The van der Waals surface area contributed by atoms with Gasteiger partial charge in [0.1, 0.15) is 0 Å². The third-order valence-electron chi connectivity index (χ3n) is 10.2. The molecular formula is C51H34N4. The minimum Gasteiger partial charge on any atom is -0.309 e. The van der Waals surface area contributed by atoms with Gasteiger partial charge in [-0.05, 0) is 81.9 Å². The summed E-state index contributed by atoms with van der Waals surface area (Å²) < 4.78 is 2.34. The monoisotopic (exact) mass is 702 g/mol. The van der Waals surface area contributed by atoms with Gasteiger partial charge in [-0.15, -0.1) is 0 Å². The molecule has 0 spiro atoms. The fourth-order valence-electron chi connectivity index (χ4n) is 7.61. The second-order valence-corrected chi connectivity index (χ2v) is 13.7. The first kappa shape index (κ1) is 32.2. The highest BCUT2D eigenvalue weighted by molar-refractivity contribution is 6.09. The van der Waals surface area contributed by atoms with E-state index >= 15 is 0 Å². The molecule has 0 fully saturated rings. The number of nitrogens with zero attached hydrogens (tertiary/aromatic N) is 4. The molecule has 0 aliphatic rings. The van der Waals surface area contributed by atoms with Crippen molar-refractivity contribution < 1.29 is 0 Å². The number of aromatic nitrogens is 4. The minimum absolute atomic E-state index is 0.606. The van der Waals surface area contributed by atoms with Crippen molar-refractivity contribution >= 4 is 21.8 Å². The minimum atomic E-state index is 0.606. The van der Waals surface area contributed by atoms with Crippen LogP contribution in [0.25, 0.3) is 95.0 Å². The third-order valence-corrected chi connectivity index (χ3v) is 10.2. The first-order chi connectivity index (χ1) is 27.3. The van der Waals surface area contributed by atoms with Gasteiger partial charge in [-0.2, -0.15) is 0 Å². The molecule has 0 amide bonds. The summed E-state index contributed by atoms with van der Waals surface area (Å²) in [4.78, 5) is 15.9. The van der Waals surface area contributed by atoms with Gasteiger partial charge in [-0.3, -0.25) is 0 Å². The quantitative estimate of drug-likeness (QED) is 0.166. The summed E-state index contributed by atoms with van der Waals surface area (Å²) in [6.45, 7) is 0. The molecule has 4 heteroatoms. The van der Waals surface area contributed by atoms with Crippen molar-refractivity contribution in [3.05, 3.63) is 206 Å². The van der Waals surface area contributed by atoms with E-state index in [2.05, 4.69) is 193 Å². The Bertz CT molecular complexity index is 2860. The molecule has 0 unspecified atom stereocenters. The summed E-state index contributed by atoms with van der Waals surface area (Å²) in [7, 11) is 0. The van der Waals surface area contributed by atoms with Crippen LogP contribution in [0.5, 0.6) is 0 Å². The van der Waals surface area contributed by atoms with Gasteiger partial charge in [0, 0.05) is 27.5 Å². The van der Waals surface area contributed by atoms with Crippen molar-refractivity contribution in [3.63, 3.8) is 0 Å². The summed E-state index contributed by atoms with van der Waals surface area (Å²) in [5, 5.41) is 2.41. The van der Waals surface area contributed by atoms with E-state index in [0.717, 1.165) is 66.8 Å². The average molecular weight is 703 g/mol. The molecule has 258 valence electrons. The Kier molecular flexibility index (Phi) is 8.12. The Morgan fingerprint density at radius 1 is 0.273 bits per heavy atom. The molecule has 0 aliphatic heterocycles. The van der Waals surface area contributed by atoms with Gasteiger partial charge in [0.2, 0.25) is 0 Å². The zero-order valence-electron chi connectivity index (χ0n) is 29.9. The maximum atomic E-state index is 5.34. The molecule has 0 saturated heterocycles. The van der Waals surface area contributed by atoms with Crippen LogP contribution in [0.2, 0.25) is 0 Å². The molecule has 0 bridgehead atoms. The second-order valence-electron chi connectivity index (χ2n) is 13.7. The summed E-state index contributed by atoms with van der Waals surface area (Å²) in [5.74, 6) is 1.83. The van der Waals surface area contributed by atoms with E-state index < -0.39 is 0 Å². The van der Waals surface area contributed by atoms with Crippen molar-refractivity contribution in [1.29, 1.82) is 0 Å². The molecule has 10 aromatic rings. The molecule has 0 radical (unpaired) electrons. The summed E-state index contributed by atoms with van der Waals surface area (Å²) in [6.07, 6.45) is 0. The second kappa shape index (κ2) is 13.8. The van der Waals surface area contributed by atoms with Crippen molar-refractivity contribution in [3.8, 4) is 73.2 Å². The maximum Gasteiger partial charge on any atom is 0.166 e. The van der Waals surface area contributed by atoms with Gasteiger partial charge in [0.15, 0.2) is 17.5 Å². The highest BCUT2D eigenvalue weighted by Gasteiger charge is 2.20. The molecule has 0 N–H and O–H groups in total. The fraction of sp³-hybridized carbons (Fsp3) is 0. The van der Waals surface area contributed by atoms with Crippen molar-refractivity contribution in [1.82, 2.24) is 19.5 Å². The van der Waals surface area contributed by atoms with Gasteiger partial charge in [-0.25, -0.2) is 15.0 Å². The lowest BCUT2D eigenvalue weighted by Gasteiger charge is -2.15. The van der Waals surface area contributed by atoms with E-state index in [1.807, 2.05) is 18.2 Å². The third kappa shape index (κ3) is 6.06. The summed E-state index contributed by atoms with van der Waals surface area (Å²) in [5.41, 5.74) is 12.7. The van der Waals surface area contributed by atoms with Gasteiger partial charge in [0.05, 0.1) is 16.7 Å². The van der Waals surface area contributed by atoms with E-state index in [1.165, 1.54) is 10.8 Å². The maximum absolute atomic E-state index is 5.34. The number of rotatable bonds is 7. The highest BCUT2D eigenvalue weighted by Crippen LogP contribution is 2.38. The average Bonchev–Trinajstić information content (AvgIpc) is 3.61. The Balaban J connectivity index is 1.23. The van der Waals surface area contributed by atoms with Crippen LogP contribution in [-0.2, 0) is 0 Å². The van der Waals surface area contributed by atoms with Gasteiger partial charge in [0.25, 0.3) is 0 Å². The molecule has 0 saturated carbocycles. The van der Waals surface area contributed by atoms with Gasteiger partial charge < -0.3 is 4.57 Å². The molecule has 2 heterocycles. The Labute approximate surface area is 319 Å². The molecular weight excluding hydrogens is 669 g/mol. The van der Waals surface area contributed by atoms with E-state index in [4.69, 9.17) is 15.0 Å². The van der Waals surface area contributed by atoms with Crippen LogP contribution in [0.1, 0.15) is 0 Å². The van der Waals surface area contributed by atoms with Crippen LogP contribution in [0.4, 0.5) is 0 Å². The lowest BCUT2D eigenvalue weighted by Crippen LogP contribution is -2.04. The number of benzene rings is 8. The first-order valence-corrected chi connectivity index (χ1v) is 18.5. The zero-order chi connectivity index (χ0) is 36.6. The lowest BCUT2D eigenvalue weighted by atomic mass is 9.96. The van der Waals surface area contributed by atoms with E-state index in [9.17, 15) is 0 Å². The molecule has 8 aromatic carbocycles. The predicted molar refractivity (Wildman–Crippen MR) is 227 cm³/mol. The first-order valence-electron chi connectivity index (χ1n) is 18.5. The fourth-order valence-corrected chi connectivity index (χ4v) is 7.61. The van der Waals surface area contributed by atoms with E-state index in [0.29, 0.717) is 17.5 Å². The number of fused-ring (bicyclic) bond motifs is 3. The van der Waals surface area contributed by atoms with E-state index in [-0.39, 0.29) is 0 Å². The Hall–Kier alpha value is -7.43. The van der Waals surface area contributed by atoms with Gasteiger partial charge >= 0.3 is 0 Å². The zero-order valence-corrected chi connectivity index (χ0v) is 29.9. The molecule has 55 heavy (non-hydrogen) atoms. The predicted octanol–water partition coefficient (Wildman–Crippen LogP) is 13.0. The summed E-state index contributed by atoms with van der Waals surface area (Å²) >= 11 is 0. The number of hydrogen-bond donors (Lipinski definition) is 0. The van der Waals surface area contributed by atoms with Crippen molar-refractivity contribution in [2.24, 2.45) is 0 Å². The number of para-hydroxylation sites is 3. The molecule has 10 rings (SSSR count). The van der Waals surface area contributed by atoms with Crippen molar-refractivity contribution in [2.75, 3.05) is 0 Å². The molecule has 2 aromatic heterocycles. The van der Waals surface area contributed by atoms with Crippen LogP contribution in [0, 0.1) is 0 Å². The molecule has 0 atom stereocenters. The smallest absolute Gasteiger partial charge is 0.166 e. The molecule has 0 aliphatic carbocycles. The van der Waals surface area contributed by atoms with Crippen LogP contribution in [0.3, 0.4) is 0 Å². The summed E-state index contributed by atoms with van der Waals surface area (Å²) in [6, 6.07) is 72.2. The largest absolute Gasteiger partial charge is 0.309 e. The van der Waals surface area contributed by atoms with Gasteiger partial charge in [-0.1, -0.05) is 158 Å². The normalized spacial score (nSPS) is 11.3. The Morgan fingerprint density at radius 3 is 1.27 bits per heavy atom. The topological polar surface area (TPSA) is 43.6 Å². The molecule has 4 nitrogen and oxygen atoms in total. The standard InChI is InChI=1S/C51H34N4/c1-4-17-35(18-5-1)38-23-16-24-39(31-38)49-52-50(42-33-40(36-19-6-2-7-20-36)32-41(34-42)37-21-8-3-9-22-37)54-51(53-49)45-27-12-15-30-48(45)55-46-28-13-10-25-43(46)44-26-11-14-29-47(44)55/h1-34H. The number of hydrogen-bond acceptors (Lipinski definition) is 3. The van der Waals surface area contributed by atoms with Crippen LogP contribution in [0.15, 0.2) is 206 Å². The Morgan fingerprint density at radius 2 is 0.673 bits per heavy atom. The highest BCUT2D eigenvalue weighted by atomic mass is 15.1. The lowest BCUT2D eigenvalue weighted by molar-refractivity contribution is 1.06. The van der Waals surface area contributed by atoms with Crippen molar-refractivity contribution in [2.45, 2.75) is 0 Å². The SMILES string of the molecule is c1ccc(-c2cccc(-c3nc(-c4cc(-c5ccccc5)cc(-c5ccccc5)c4)nc(-c4ccccc4-n4c5ccccc5c5ccccc54)n3)c2)cc1.